The molecule has 0 bridgehead atoms. The van der Waals surface area contributed by atoms with Crippen molar-refractivity contribution >= 4 is 33.3 Å². The van der Waals surface area contributed by atoms with Gasteiger partial charge in [-0.1, -0.05) is 71.9 Å². The molecule has 2 aromatic carbocycles. The van der Waals surface area contributed by atoms with Crippen LogP contribution in [0, 0.1) is 6.92 Å². The molecule has 0 saturated carbocycles. The molecule has 0 aliphatic carbocycles. The molecule has 4 nitrogen and oxygen atoms in total. The maximum atomic E-state index is 12.9. The summed E-state index contributed by atoms with van der Waals surface area (Å²) in [5.74, 6) is 6.79. The smallest absolute Gasteiger partial charge is 0.282 e. The van der Waals surface area contributed by atoms with Crippen LogP contribution in [0.2, 0.25) is 0 Å². The Bertz CT molecular complexity index is 1130. The van der Waals surface area contributed by atoms with E-state index in [0.717, 1.165) is 16.0 Å². The van der Waals surface area contributed by atoms with E-state index in [1.54, 1.807) is 0 Å². The molecule has 4 rings (SSSR count). The van der Waals surface area contributed by atoms with Crippen molar-refractivity contribution < 1.29 is 0 Å². The topological polar surface area (TPSA) is 60.9 Å². The van der Waals surface area contributed by atoms with E-state index < -0.39 is 0 Å². The summed E-state index contributed by atoms with van der Waals surface area (Å²) in [5.41, 5.74) is 4.07. The second-order valence-electron chi connectivity index (χ2n) is 6.04. The van der Waals surface area contributed by atoms with Crippen molar-refractivity contribution in [1.82, 2.24) is 9.66 Å². The largest absolute Gasteiger partial charge is 0.334 e. The predicted molar refractivity (Wildman–Crippen MR) is 110 cm³/mol. The molecule has 2 N–H and O–H groups in total. The number of thiophene rings is 1. The van der Waals surface area contributed by atoms with Crippen LogP contribution in [-0.2, 0) is 5.75 Å². The van der Waals surface area contributed by atoms with Crippen LogP contribution < -0.4 is 11.4 Å². The molecule has 0 aliphatic rings. The molecule has 130 valence electrons. The van der Waals surface area contributed by atoms with Crippen molar-refractivity contribution in [1.29, 1.82) is 0 Å². The Morgan fingerprint density at radius 1 is 1.15 bits per heavy atom. The second-order valence-corrected chi connectivity index (χ2v) is 7.84. The molecule has 0 fully saturated rings. The van der Waals surface area contributed by atoms with Gasteiger partial charge in [0.15, 0.2) is 5.16 Å². The van der Waals surface area contributed by atoms with Crippen molar-refractivity contribution in [3.05, 3.63) is 81.5 Å². The highest BCUT2D eigenvalue weighted by Gasteiger charge is 2.16. The quantitative estimate of drug-likeness (QED) is 0.323. The maximum Gasteiger partial charge on any atom is 0.282 e. The van der Waals surface area contributed by atoms with Gasteiger partial charge in [-0.15, -0.1) is 11.3 Å². The Kier molecular flexibility index (Phi) is 4.53. The first-order chi connectivity index (χ1) is 12.6. The van der Waals surface area contributed by atoms with Gasteiger partial charge < -0.3 is 5.84 Å². The van der Waals surface area contributed by atoms with Crippen molar-refractivity contribution in [3.8, 4) is 11.1 Å². The van der Waals surface area contributed by atoms with E-state index in [2.05, 4.69) is 30.1 Å². The molecule has 6 heteroatoms. The number of aromatic nitrogens is 2. The summed E-state index contributed by atoms with van der Waals surface area (Å²) in [4.78, 5) is 18.2. The number of rotatable bonds is 4. The molecule has 2 heterocycles. The van der Waals surface area contributed by atoms with Crippen molar-refractivity contribution in [2.45, 2.75) is 17.8 Å². The van der Waals surface area contributed by atoms with E-state index in [1.165, 1.54) is 38.9 Å². The van der Waals surface area contributed by atoms with E-state index >= 15 is 0 Å². The molecule has 0 radical (unpaired) electrons. The van der Waals surface area contributed by atoms with Crippen molar-refractivity contribution in [2.24, 2.45) is 0 Å². The van der Waals surface area contributed by atoms with Gasteiger partial charge in [-0.25, -0.2) is 9.66 Å². The fourth-order valence-electron chi connectivity index (χ4n) is 2.87. The number of nitrogens with two attached hydrogens (primary N) is 1. The molecule has 0 saturated heterocycles. The zero-order chi connectivity index (χ0) is 18.1. The summed E-state index contributed by atoms with van der Waals surface area (Å²) in [6, 6.07) is 18.1. The van der Waals surface area contributed by atoms with Crippen molar-refractivity contribution in [2.75, 3.05) is 5.84 Å². The third kappa shape index (κ3) is 3.13. The first-order valence-electron chi connectivity index (χ1n) is 8.16. The highest BCUT2D eigenvalue weighted by Crippen LogP contribution is 2.32. The van der Waals surface area contributed by atoms with E-state index in [-0.39, 0.29) is 5.56 Å². The summed E-state index contributed by atoms with van der Waals surface area (Å²) in [6.45, 7) is 2.06. The predicted octanol–water partition coefficient (Wildman–Crippen LogP) is 4.44. The lowest BCUT2D eigenvalue weighted by Gasteiger charge is -2.08. The zero-order valence-corrected chi connectivity index (χ0v) is 15.8. The lowest BCUT2D eigenvalue weighted by molar-refractivity contribution is 0.782. The average molecular weight is 380 g/mol. The highest BCUT2D eigenvalue weighted by atomic mass is 32.2. The Morgan fingerprint density at radius 2 is 1.96 bits per heavy atom. The fourth-order valence-corrected chi connectivity index (χ4v) is 4.72. The summed E-state index contributed by atoms with van der Waals surface area (Å²) in [6.07, 6.45) is 0. The minimum Gasteiger partial charge on any atom is -0.334 e. The standard InChI is InChI=1S/C20H17N3OS2/c1-13-6-5-7-14(10-13)11-26-20-22-18-17(19(24)23(20)21)16(12-25-18)15-8-3-2-4-9-15/h2-10,12H,11,21H2,1H3. The summed E-state index contributed by atoms with van der Waals surface area (Å²) >= 11 is 2.95. The summed E-state index contributed by atoms with van der Waals surface area (Å²) in [7, 11) is 0. The van der Waals surface area contributed by atoms with Crippen LogP contribution >= 0.6 is 23.1 Å². The molecule has 0 amide bonds. The Hall–Kier alpha value is -2.57. The Morgan fingerprint density at radius 3 is 2.73 bits per heavy atom. The lowest BCUT2D eigenvalue weighted by Crippen LogP contribution is -2.29. The van der Waals surface area contributed by atoms with E-state index in [9.17, 15) is 4.79 Å². The minimum absolute atomic E-state index is 0.207. The van der Waals surface area contributed by atoms with Gasteiger partial charge in [0, 0.05) is 16.7 Å². The minimum atomic E-state index is -0.207. The van der Waals surface area contributed by atoms with Gasteiger partial charge in [-0.2, -0.15) is 0 Å². The van der Waals surface area contributed by atoms with E-state index in [1.807, 2.05) is 41.8 Å². The van der Waals surface area contributed by atoms with Crippen LogP contribution in [0.25, 0.3) is 21.3 Å². The average Bonchev–Trinajstić information content (AvgIpc) is 3.08. The van der Waals surface area contributed by atoms with Gasteiger partial charge in [0.25, 0.3) is 5.56 Å². The van der Waals surface area contributed by atoms with Crippen LogP contribution in [0.5, 0.6) is 0 Å². The number of fused-ring (bicyclic) bond motifs is 1. The van der Waals surface area contributed by atoms with Crippen LogP contribution in [0.4, 0.5) is 0 Å². The third-order valence-corrected chi connectivity index (χ3v) is 6.04. The first kappa shape index (κ1) is 16.9. The number of aryl methyl sites for hydroxylation is 1. The van der Waals surface area contributed by atoms with Gasteiger partial charge >= 0.3 is 0 Å². The van der Waals surface area contributed by atoms with Crippen LogP contribution in [-0.4, -0.2) is 9.66 Å². The molecule has 0 unspecified atom stereocenters. The van der Waals surface area contributed by atoms with Gasteiger partial charge in [0.1, 0.15) is 4.83 Å². The Labute approximate surface area is 159 Å². The number of hydrogen-bond donors (Lipinski definition) is 1. The van der Waals surface area contributed by atoms with Gasteiger partial charge in [-0.05, 0) is 18.1 Å². The first-order valence-corrected chi connectivity index (χ1v) is 10.0. The number of hydrogen-bond acceptors (Lipinski definition) is 5. The van der Waals surface area contributed by atoms with Crippen LogP contribution in [0.15, 0.2) is 69.9 Å². The number of benzene rings is 2. The maximum absolute atomic E-state index is 12.9. The molecule has 4 aromatic rings. The van der Waals surface area contributed by atoms with Gasteiger partial charge in [-0.3, -0.25) is 4.79 Å². The number of nitrogen functional groups attached to an aromatic ring is 1. The molecule has 0 aliphatic heterocycles. The fraction of sp³-hybridized carbons (Fsp3) is 0.100. The Balaban J connectivity index is 1.72. The second kappa shape index (κ2) is 6.97. The summed E-state index contributed by atoms with van der Waals surface area (Å²) in [5, 5.41) is 3.10. The SMILES string of the molecule is Cc1cccc(CSc2nc3scc(-c4ccccc4)c3c(=O)n2N)c1. The molecule has 0 spiro atoms. The highest BCUT2D eigenvalue weighted by molar-refractivity contribution is 7.98. The normalized spacial score (nSPS) is 11.1. The van der Waals surface area contributed by atoms with E-state index in [0.29, 0.717) is 16.3 Å². The molecule has 26 heavy (non-hydrogen) atoms. The number of thioether (sulfide) groups is 1. The van der Waals surface area contributed by atoms with Crippen molar-refractivity contribution in [3.63, 3.8) is 0 Å². The molecule has 2 aromatic heterocycles. The molecule has 0 atom stereocenters. The lowest BCUT2D eigenvalue weighted by atomic mass is 10.1. The van der Waals surface area contributed by atoms with Gasteiger partial charge in [0.2, 0.25) is 0 Å². The monoisotopic (exact) mass is 379 g/mol. The van der Waals surface area contributed by atoms with Crippen LogP contribution in [0.3, 0.4) is 0 Å². The third-order valence-electron chi connectivity index (χ3n) is 4.14. The molecular weight excluding hydrogens is 362 g/mol. The summed E-state index contributed by atoms with van der Waals surface area (Å²) < 4.78 is 1.17. The zero-order valence-electron chi connectivity index (χ0n) is 14.2. The van der Waals surface area contributed by atoms with Gasteiger partial charge in [0.05, 0.1) is 5.39 Å². The van der Waals surface area contributed by atoms with E-state index in [4.69, 9.17) is 5.84 Å². The number of nitrogens with zero attached hydrogens (tertiary/aromatic N) is 2. The van der Waals surface area contributed by atoms with Crippen LogP contribution in [0.1, 0.15) is 11.1 Å². The molecular formula is C20H17N3OS2.